The van der Waals surface area contributed by atoms with Crippen LogP contribution in [0.4, 0.5) is 4.39 Å². The lowest BCUT2D eigenvalue weighted by Crippen LogP contribution is -2.43. The molecule has 0 amide bonds. The van der Waals surface area contributed by atoms with Gasteiger partial charge in [-0.2, -0.15) is 0 Å². The molecular formula is C19H26BrFN2O2. The van der Waals surface area contributed by atoms with E-state index in [0.29, 0.717) is 28.6 Å². The van der Waals surface area contributed by atoms with E-state index in [1.54, 1.807) is 13.0 Å². The molecule has 6 heteroatoms. The Hall–Kier alpha value is -1.40. The van der Waals surface area contributed by atoms with Gasteiger partial charge in [0.05, 0.1) is 18.2 Å². The zero-order valence-electron chi connectivity index (χ0n) is 15.2. The van der Waals surface area contributed by atoms with Gasteiger partial charge in [0.25, 0.3) is 0 Å². The zero-order chi connectivity index (χ0) is 18.6. The maximum absolute atomic E-state index is 14.3. The van der Waals surface area contributed by atoms with Crippen LogP contribution in [-0.4, -0.2) is 30.2 Å². The van der Waals surface area contributed by atoms with Gasteiger partial charge in [-0.1, -0.05) is 42.8 Å². The number of esters is 1. The maximum atomic E-state index is 14.3. The summed E-state index contributed by atoms with van der Waals surface area (Å²) in [5.74, 6) is -0.382. The summed E-state index contributed by atoms with van der Waals surface area (Å²) in [6, 6.07) is 4.91. The van der Waals surface area contributed by atoms with E-state index in [9.17, 15) is 9.18 Å². The van der Waals surface area contributed by atoms with E-state index in [1.165, 1.54) is 6.07 Å². The molecule has 1 aromatic carbocycles. The molecule has 0 aliphatic carbocycles. The molecule has 0 spiro atoms. The van der Waals surface area contributed by atoms with Crippen LogP contribution in [0, 0.1) is 11.7 Å². The molecule has 1 heterocycles. The molecule has 0 fully saturated rings. The van der Waals surface area contributed by atoms with E-state index in [-0.39, 0.29) is 23.7 Å². The van der Waals surface area contributed by atoms with E-state index < -0.39 is 0 Å². The third kappa shape index (κ3) is 4.61. The Balaban J connectivity index is 2.41. The van der Waals surface area contributed by atoms with Gasteiger partial charge in [-0.05, 0) is 37.0 Å². The fourth-order valence-electron chi connectivity index (χ4n) is 3.21. The van der Waals surface area contributed by atoms with Gasteiger partial charge in [-0.15, -0.1) is 0 Å². The average Bonchev–Trinajstić information content (AvgIpc) is 2.89. The van der Waals surface area contributed by atoms with Crippen molar-refractivity contribution in [3.8, 4) is 0 Å². The number of hydrogen-bond acceptors (Lipinski definition) is 4. The van der Waals surface area contributed by atoms with Crippen molar-refractivity contribution in [1.29, 1.82) is 0 Å². The standard InChI is InChI=1S/C19H26BrFN2O2/c1-5-9-23-18(12(3)4)17(19(24)25-6-2)16(22-23)10-13-7-8-14(20)11-15(13)21/h7-8,11-12,18,22H,5-6,9-10H2,1-4H3. The van der Waals surface area contributed by atoms with Crippen LogP contribution in [0.25, 0.3) is 0 Å². The second kappa shape index (κ2) is 8.81. The molecule has 0 aromatic heterocycles. The number of hydrogen-bond donors (Lipinski definition) is 1. The number of benzene rings is 1. The molecule has 4 nitrogen and oxygen atoms in total. The summed E-state index contributed by atoms with van der Waals surface area (Å²) in [5, 5.41) is 2.07. The van der Waals surface area contributed by atoms with Crippen molar-refractivity contribution in [2.24, 2.45) is 5.92 Å². The molecule has 1 aliphatic rings. The van der Waals surface area contributed by atoms with Crippen molar-refractivity contribution in [2.45, 2.75) is 46.6 Å². The third-order valence-electron chi connectivity index (χ3n) is 4.21. The number of allylic oxidation sites excluding steroid dienone is 1. The average molecular weight is 413 g/mol. The molecule has 1 aliphatic heterocycles. The topological polar surface area (TPSA) is 41.6 Å². The second-order valence-corrected chi connectivity index (χ2v) is 7.43. The summed E-state index contributed by atoms with van der Waals surface area (Å²) in [7, 11) is 0. The smallest absolute Gasteiger partial charge is 0.337 e. The van der Waals surface area contributed by atoms with Crippen molar-refractivity contribution < 1.29 is 13.9 Å². The highest BCUT2D eigenvalue weighted by atomic mass is 79.9. The lowest BCUT2D eigenvalue weighted by atomic mass is 9.93. The van der Waals surface area contributed by atoms with Crippen LogP contribution in [0.1, 0.15) is 39.7 Å². The Morgan fingerprint density at radius 3 is 2.68 bits per heavy atom. The van der Waals surface area contributed by atoms with Crippen molar-refractivity contribution in [1.82, 2.24) is 10.4 Å². The summed E-state index contributed by atoms with van der Waals surface area (Å²) in [5.41, 5.74) is 5.23. The first-order valence-corrected chi connectivity index (χ1v) is 9.55. The minimum atomic E-state index is -0.320. The first-order valence-electron chi connectivity index (χ1n) is 8.76. The quantitative estimate of drug-likeness (QED) is 0.681. The van der Waals surface area contributed by atoms with E-state index in [1.807, 2.05) is 6.07 Å². The minimum absolute atomic E-state index is 0.0764. The van der Waals surface area contributed by atoms with E-state index in [4.69, 9.17) is 4.74 Å². The number of halogens is 2. The normalized spacial score (nSPS) is 18.0. The fraction of sp³-hybridized carbons (Fsp3) is 0.526. The van der Waals surface area contributed by atoms with Crippen LogP contribution in [0.5, 0.6) is 0 Å². The molecule has 2 rings (SSSR count). The van der Waals surface area contributed by atoms with Crippen LogP contribution in [-0.2, 0) is 16.0 Å². The third-order valence-corrected chi connectivity index (χ3v) is 4.70. The van der Waals surface area contributed by atoms with Crippen molar-refractivity contribution >= 4 is 21.9 Å². The number of ether oxygens (including phenoxy) is 1. The lowest BCUT2D eigenvalue weighted by Gasteiger charge is -2.28. The SMILES string of the molecule is CCCN1NC(Cc2ccc(Br)cc2F)=C(C(=O)OCC)C1C(C)C. The molecule has 0 saturated carbocycles. The molecule has 138 valence electrons. The highest BCUT2D eigenvalue weighted by molar-refractivity contribution is 9.10. The van der Waals surface area contributed by atoms with Gasteiger partial charge in [0.1, 0.15) is 5.82 Å². The molecule has 0 radical (unpaired) electrons. The minimum Gasteiger partial charge on any atom is -0.463 e. The molecule has 0 bridgehead atoms. The highest BCUT2D eigenvalue weighted by Gasteiger charge is 2.38. The molecule has 1 aromatic rings. The van der Waals surface area contributed by atoms with Crippen LogP contribution >= 0.6 is 15.9 Å². The van der Waals surface area contributed by atoms with Crippen molar-refractivity contribution in [2.75, 3.05) is 13.2 Å². The monoisotopic (exact) mass is 412 g/mol. The second-order valence-electron chi connectivity index (χ2n) is 6.52. The summed E-state index contributed by atoms with van der Waals surface area (Å²) in [4.78, 5) is 12.6. The number of hydrazine groups is 1. The van der Waals surface area contributed by atoms with Crippen LogP contribution in [0.15, 0.2) is 33.9 Å². The number of carbonyl (C=O) groups is 1. The Morgan fingerprint density at radius 1 is 1.40 bits per heavy atom. The molecule has 1 N–H and O–H groups in total. The van der Waals surface area contributed by atoms with Gasteiger partial charge in [0, 0.05) is 23.1 Å². The number of carbonyl (C=O) groups excluding carboxylic acids is 1. The van der Waals surface area contributed by atoms with Crippen LogP contribution in [0.2, 0.25) is 0 Å². The van der Waals surface area contributed by atoms with Gasteiger partial charge >= 0.3 is 5.97 Å². The van der Waals surface area contributed by atoms with E-state index in [0.717, 1.165) is 18.7 Å². The Labute approximate surface area is 157 Å². The predicted molar refractivity (Wildman–Crippen MR) is 100 cm³/mol. The van der Waals surface area contributed by atoms with Crippen LogP contribution in [0.3, 0.4) is 0 Å². The lowest BCUT2D eigenvalue weighted by molar-refractivity contribution is -0.139. The van der Waals surface area contributed by atoms with Gasteiger partial charge < -0.3 is 10.2 Å². The summed E-state index contributed by atoms with van der Waals surface area (Å²) < 4.78 is 20.3. The zero-order valence-corrected chi connectivity index (χ0v) is 16.8. The predicted octanol–water partition coefficient (Wildman–Crippen LogP) is 4.20. The molecule has 25 heavy (non-hydrogen) atoms. The van der Waals surface area contributed by atoms with Gasteiger partial charge in [0.15, 0.2) is 0 Å². The first-order chi connectivity index (χ1) is 11.9. The number of rotatable bonds is 7. The molecule has 1 unspecified atom stereocenters. The Morgan fingerprint density at radius 2 is 2.12 bits per heavy atom. The molecule has 1 atom stereocenters. The van der Waals surface area contributed by atoms with E-state index in [2.05, 4.69) is 47.1 Å². The van der Waals surface area contributed by atoms with Gasteiger partial charge in [-0.3, -0.25) is 0 Å². The number of nitrogens with one attached hydrogen (secondary N) is 1. The Kier molecular flexibility index (Phi) is 7.02. The Bertz CT molecular complexity index is 661. The number of nitrogens with zero attached hydrogens (tertiary/aromatic N) is 1. The van der Waals surface area contributed by atoms with Gasteiger partial charge in [0.2, 0.25) is 0 Å². The van der Waals surface area contributed by atoms with Crippen molar-refractivity contribution in [3.05, 3.63) is 45.3 Å². The fourth-order valence-corrected chi connectivity index (χ4v) is 3.54. The maximum Gasteiger partial charge on any atom is 0.337 e. The van der Waals surface area contributed by atoms with E-state index >= 15 is 0 Å². The van der Waals surface area contributed by atoms with Crippen LogP contribution < -0.4 is 5.43 Å². The largest absolute Gasteiger partial charge is 0.463 e. The molecular weight excluding hydrogens is 387 g/mol. The van der Waals surface area contributed by atoms with Crippen molar-refractivity contribution in [3.63, 3.8) is 0 Å². The summed E-state index contributed by atoms with van der Waals surface area (Å²) in [6.07, 6.45) is 1.28. The first kappa shape index (κ1) is 19.9. The summed E-state index contributed by atoms with van der Waals surface area (Å²) in [6.45, 7) is 9.17. The molecule has 0 saturated heterocycles. The highest BCUT2D eigenvalue weighted by Crippen LogP contribution is 2.30. The van der Waals surface area contributed by atoms with Gasteiger partial charge in [-0.25, -0.2) is 14.2 Å². The summed E-state index contributed by atoms with van der Waals surface area (Å²) >= 11 is 3.27.